The van der Waals surface area contributed by atoms with Gasteiger partial charge in [-0.05, 0) is 128 Å². The van der Waals surface area contributed by atoms with E-state index in [1.165, 1.54) is 28.3 Å². The van der Waals surface area contributed by atoms with Crippen molar-refractivity contribution in [2.24, 2.45) is 21.6 Å². The molecule has 424 valence electrons. The number of hydrogen-bond donors (Lipinski definition) is 5. The van der Waals surface area contributed by atoms with E-state index in [2.05, 4.69) is 20.1 Å². The number of nitrogens with zero attached hydrogens (tertiary/aromatic N) is 4. The molecule has 4 aliphatic heterocycles. The molecule has 4 aliphatic rings. The number of methoxy groups -OCH3 is 2. The summed E-state index contributed by atoms with van der Waals surface area (Å²) >= 11 is 0. The van der Waals surface area contributed by atoms with Gasteiger partial charge in [-0.25, -0.2) is 26.3 Å². The van der Waals surface area contributed by atoms with E-state index in [9.17, 15) is 36.0 Å². The van der Waals surface area contributed by atoms with Crippen LogP contribution >= 0.6 is 0 Å². The van der Waals surface area contributed by atoms with Crippen LogP contribution in [0.4, 0.5) is 17.1 Å². The summed E-state index contributed by atoms with van der Waals surface area (Å²) in [6, 6.07) is 22.3. The molecule has 81 heavy (non-hydrogen) atoms. The van der Waals surface area contributed by atoms with E-state index in [0.717, 1.165) is 22.3 Å². The number of rotatable bonds is 19. The van der Waals surface area contributed by atoms with Crippen LogP contribution in [0.3, 0.4) is 0 Å². The number of carbonyl (C=O) groups is 4. The van der Waals surface area contributed by atoms with Gasteiger partial charge in [0.25, 0.3) is 11.8 Å². The summed E-state index contributed by atoms with van der Waals surface area (Å²) in [5, 5.41) is 5.59. The van der Waals surface area contributed by atoms with Gasteiger partial charge in [-0.2, -0.15) is 0 Å². The number of carbonyl (C=O) groups excluding carboxylic acids is 4. The lowest BCUT2D eigenvalue weighted by Gasteiger charge is -2.32. The second-order valence-corrected chi connectivity index (χ2v) is 23.9. The monoisotopic (exact) mass is 1140 g/mol. The van der Waals surface area contributed by atoms with Crippen molar-refractivity contribution in [1.29, 1.82) is 0 Å². The Labute approximate surface area is 470 Å². The molecule has 4 heterocycles. The molecule has 9 rings (SSSR count). The SMILES string of the molecule is CNS(=O)(=O)c1ccc(C2=CCN3C(=O)c4cc(OC)c(OCc5cc(COc6cc7c(cc6OC)C(=O)N6CC=C(c8ccc(S(=O)(=O)NC)cc8)C[C@H]6C=N7)cc(NC(=O)C(C)NC(=O)C(N)C(C)C)c5)cc4N=C[C@@H]3C2)cc1. The maximum Gasteiger partial charge on any atom is 0.257 e. The Balaban J connectivity index is 0.945. The van der Waals surface area contributed by atoms with Crippen molar-refractivity contribution in [3.8, 4) is 23.0 Å². The van der Waals surface area contributed by atoms with Crippen LogP contribution in [0.2, 0.25) is 0 Å². The molecule has 2 unspecified atom stereocenters. The molecule has 0 aromatic heterocycles. The van der Waals surface area contributed by atoms with Crippen LogP contribution in [0.15, 0.2) is 123 Å². The lowest BCUT2D eigenvalue weighted by atomic mass is 9.94. The number of anilines is 1. The van der Waals surface area contributed by atoms with Crippen molar-refractivity contribution in [3.05, 3.63) is 137 Å². The molecule has 6 N–H and O–H groups in total. The molecule has 0 radical (unpaired) electrons. The van der Waals surface area contributed by atoms with Crippen molar-refractivity contribution < 1.29 is 55.0 Å². The Bertz CT molecular complexity index is 3450. The molecule has 4 atom stereocenters. The van der Waals surface area contributed by atoms with E-state index < -0.39 is 56.0 Å². The molecule has 21 nitrogen and oxygen atoms in total. The molecule has 0 saturated carbocycles. The van der Waals surface area contributed by atoms with Gasteiger partial charge in [-0.3, -0.25) is 29.2 Å². The number of fused-ring (bicyclic) bond motifs is 4. The molecule has 5 aromatic rings. The van der Waals surface area contributed by atoms with Crippen LogP contribution in [-0.4, -0.2) is 128 Å². The zero-order chi connectivity index (χ0) is 57.9. The van der Waals surface area contributed by atoms with Crippen molar-refractivity contribution in [1.82, 2.24) is 24.6 Å². The second-order valence-electron chi connectivity index (χ2n) is 20.1. The lowest BCUT2D eigenvalue weighted by Crippen LogP contribution is -2.50. The first kappa shape index (κ1) is 57.5. The first-order valence-electron chi connectivity index (χ1n) is 26.1. The zero-order valence-corrected chi connectivity index (χ0v) is 47.3. The number of nitrogens with two attached hydrogens (primary N) is 1. The fourth-order valence-electron chi connectivity index (χ4n) is 9.76. The standard InChI is InChI=1S/C58H63N9O12S2/c1-33(2)54(59)56(69)64-34(3)55(68)65-41-21-35(31-78-52-27-48-46(25-50(52)76-6)57(70)66-18-16-39(23-42(66)29-62-48)37-8-12-44(13-9-37)80(72,73)60-4)20-36(22-41)32-79-53-28-49-47(26-51(53)77-7)58(71)67-19-17-40(24-43(67)30-63-49)38-10-14-45(15-11-38)81(74,75)61-5/h8-17,20-22,25-30,33-34,42-43,54,60-61H,18-19,23-24,31-32,59H2,1-7H3,(H,64,69)(H,65,68)/t34?,42-,43-,54?/m0/s1. The van der Waals surface area contributed by atoms with Gasteiger partial charge in [0.15, 0.2) is 23.0 Å². The first-order valence-corrected chi connectivity index (χ1v) is 29.0. The number of ether oxygens (including phenoxy) is 4. The van der Waals surface area contributed by atoms with Crippen molar-refractivity contribution in [3.63, 3.8) is 0 Å². The van der Waals surface area contributed by atoms with Crippen LogP contribution in [0, 0.1) is 5.92 Å². The third kappa shape index (κ3) is 12.4. The summed E-state index contributed by atoms with van der Waals surface area (Å²) in [6.07, 6.45) is 8.22. The Kier molecular flexibility index (Phi) is 16.9. The van der Waals surface area contributed by atoms with E-state index in [0.29, 0.717) is 52.2 Å². The molecular formula is C58H63N9O12S2. The van der Waals surface area contributed by atoms with Crippen molar-refractivity contribution in [2.75, 3.05) is 46.7 Å². The van der Waals surface area contributed by atoms with E-state index in [-0.39, 0.29) is 76.8 Å². The minimum absolute atomic E-state index is 0.0632. The molecule has 4 amide bonds. The number of benzene rings is 5. The van der Waals surface area contributed by atoms with E-state index in [1.54, 1.807) is 114 Å². The zero-order valence-electron chi connectivity index (χ0n) is 45.7. The molecule has 0 spiro atoms. The summed E-state index contributed by atoms with van der Waals surface area (Å²) in [5.41, 5.74) is 12.5. The van der Waals surface area contributed by atoms with Gasteiger partial charge in [-0.1, -0.05) is 50.3 Å². The first-order chi connectivity index (χ1) is 38.7. The summed E-state index contributed by atoms with van der Waals surface area (Å²) in [5.74, 6) is -0.546. The highest BCUT2D eigenvalue weighted by Gasteiger charge is 2.34. The minimum atomic E-state index is -3.61. The van der Waals surface area contributed by atoms with Crippen LogP contribution < -0.4 is 44.8 Å². The largest absolute Gasteiger partial charge is 0.493 e. The smallest absolute Gasteiger partial charge is 0.257 e. The molecule has 0 bridgehead atoms. The van der Waals surface area contributed by atoms with Gasteiger partial charge in [0.2, 0.25) is 31.9 Å². The Hall–Kier alpha value is -8.22. The third-order valence-corrected chi connectivity index (χ3v) is 17.4. The number of nitrogens with one attached hydrogen (secondary N) is 4. The number of sulfonamides is 2. The average Bonchev–Trinajstić information content (AvgIpc) is 3.83. The molecule has 0 saturated heterocycles. The summed E-state index contributed by atoms with van der Waals surface area (Å²) in [4.78, 5) is 68.1. The van der Waals surface area contributed by atoms with Gasteiger partial charge in [0.1, 0.15) is 19.3 Å². The van der Waals surface area contributed by atoms with Crippen molar-refractivity contribution in [2.45, 2.75) is 80.8 Å². The Morgan fingerprint density at radius 1 is 0.630 bits per heavy atom. The van der Waals surface area contributed by atoms with E-state index in [4.69, 9.17) is 34.7 Å². The highest BCUT2D eigenvalue weighted by Crippen LogP contribution is 2.41. The molecular weight excluding hydrogens is 1080 g/mol. The third-order valence-electron chi connectivity index (χ3n) is 14.5. The van der Waals surface area contributed by atoms with E-state index >= 15 is 0 Å². The molecule has 23 heteroatoms. The fraction of sp³-hybridized carbons (Fsp3) is 0.310. The topological polar surface area (TPSA) is 279 Å². The fourth-order valence-corrected chi connectivity index (χ4v) is 11.2. The number of hydrogen-bond acceptors (Lipinski definition) is 15. The van der Waals surface area contributed by atoms with Gasteiger partial charge >= 0.3 is 0 Å². The van der Waals surface area contributed by atoms with Crippen LogP contribution in [0.5, 0.6) is 23.0 Å². The van der Waals surface area contributed by atoms with Crippen LogP contribution in [0.1, 0.15) is 76.6 Å². The Morgan fingerprint density at radius 3 is 1.46 bits per heavy atom. The summed E-state index contributed by atoms with van der Waals surface area (Å²) in [6.45, 7) is 5.62. The Morgan fingerprint density at radius 2 is 1.06 bits per heavy atom. The number of amides is 4. The van der Waals surface area contributed by atoms with Gasteiger partial charge < -0.3 is 45.1 Å². The highest BCUT2D eigenvalue weighted by atomic mass is 32.2. The van der Waals surface area contributed by atoms with Gasteiger partial charge in [0.05, 0.1) is 64.6 Å². The number of aliphatic imine (C=N–C) groups is 2. The minimum Gasteiger partial charge on any atom is -0.493 e. The predicted molar refractivity (Wildman–Crippen MR) is 307 cm³/mol. The maximum absolute atomic E-state index is 14.2. The molecule has 5 aromatic carbocycles. The van der Waals surface area contributed by atoms with Gasteiger partial charge in [-0.15, -0.1) is 0 Å². The van der Waals surface area contributed by atoms with Gasteiger partial charge in [0, 0.05) is 43.3 Å². The van der Waals surface area contributed by atoms with Crippen LogP contribution in [-0.2, 0) is 42.8 Å². The maximum atomic E-state index is 14.2. The summed E-state index contributed by atoms with van der Waals surface area (Å²) < 4.78 is 78.4. The second kappa shape index (κ2) is 23.9. The molecule has 0 fully saturated rings. The van der Waals surface area contributed by atoms with Crippen molar-refractivity contribution >= 4 is 84.3 Å². The van der Waals surface area contributed by atoms with E-state index in [1.807, 2.05) is 32.1 Å². The predicted octanol–water partition coefficient (Wildman–Crippen LogP) is 6.13. The highest BCUT2D eigenvalue weighted by molar-refractivity contribution is 7.89. The average molecular weight is 1140 g/mol. The van der Waals surface area contributed by atoms with Crippen LogP contribution in [0.25, 0.3) is 11.1 Å². The normalized spacial score (nSPS) is 17.5. The quantitative estimate of drug-likeness (QED) is 0.0623. The lowest BCUT2D eigenvalue weighted by molar-refractivity contribution is -0.127. The summed E-state index contributed by atoms with van der Waals surface area (Å²) in [7, 11) is -1.59. The molecule has 0 aliphatic carbocycles.